The molecule has 0 bridgehead atoms. The van der Waals surface area contributed by atoms with Gasteiger partial charge >= 0.3 is 0 Å². The minimum atomic E-state index is -3.43. The van der Waals surface area contributed by atoms with Crippen LogP contribution in [0.2, 0.25) is 5.02 Å². The zero-order valence-electron chi connectivity index (χ0n) is 18.3. The van der Waals surface area contributed by atoms with E-state index in [9.17, 15) is 13.2 Å². The van der Waals surface area contributed by atoms with Gasteiger partial charge in [0.2, 0.25) is 15.9 Å². The summed E-state index contributed by atoms with van der Waals surface area (Å²) >= 11 is 6.08. The average molecular weight is 464 g/mol. The molecule has 0 aromatic heterocycles. The van der Waals surface area contributed by atoms with E-state index in [0.29, 0.717) is 36.6 Å². The summed E-state index contributed by atoms with van der Waals surface area (Å²) in [6, 6.07) is 13.5. The molecule has 1 fully saturated rings. The van der Waals surface area contributed by atoms with Gasteiger partial charge in [-0.05, 0) is 55.7 Å². The first-order valence-corrected chi connectivity index (χ1v) is 12.7. The van der Waals surface area contributed by atoms with Gasteiger partial charge in [0.25, 0.3) is 0 Å². The van der Waals surface area contributed by atoms with E-state index in [0.717, 1.165) is 29.9 Å². The van der Waals surface area contributed by atoms with E-state index in [1.54, 1.807) is 0 Å². The smallest absolute Gasteiger partial charge is 0.232 e. The fourth-order valence-electron chi connectivity index (χ4n) is 3.87. The second-order valence-electron chi connectivity index (χ2n) is 8.08. The number of aryl methyl sites for hydroxylation is 2. The molecule has 168 valence electrons. The van der Waals surface area contributed by atoms with Crippen LogP contribution in [-0.4, -0.2) is 58.2 Å². The van der Waals surface area contributed by atoms with Gasteiger partial charge in [0.15, 0.2) is 0 Å². The van der Waals surface area contributed by atoms with Crippen LogP contribution < -0.4 is 9.21 Å². The fourth-order valence-corrected chi connectivity index (χ4v) is 5.07. The monoisotopic (exact) mass is 463 g/mol. The molecular formula is C23H30ClN3O3S. The van der Waals surface area contributed by atoms with E-state index in [1.165, 1.54) is 10.6 Å². The molecule has 1 amide bonds. The van der Waals surface area contributed by atoms with Crippen LogP contribution in [0.4, 0.5) is 11.4 Å². The van der Waals surface area contributed by atoms with Crippen molar-refractivity contribution in [3.8, 4) is 0 Å². The highest BCUT2D eigenvalue weighted by Crippen LogP contribution is 2.25. The Kier molecular flexibility index (Phi) is 7.49. The lowest BCUT2D eigenvalue weighted by molar-refractivity contribution is -0.131. The Hall–Kier alpha value is -2.25. The Labute approximate surface area is 190 Å². The summed E-state index contributed by atoms with van der Waals surface area (Å²) in [7, 11) is -3.43. The van der Waals surface area contributed by atoms with E-state index >= 15 is 0 Å². The quantitative estimate of drug-likeness (QED) is 0.625. The van der Waals surface area contributed by atoms with Crippen molar-refractivity contribution in [3.63, 3.8) is 0 Å². The van der Waals surface area contributed by atoms with Crippen LogP contribution in [0.25, 0.3) is 0 Å². The summed E-state index contributed by atoms with van der Waals surface area (Å²) in [5.41, 5.74) is 3.66. The number of sulfonamides is 1. The maximum atomic E-state index is 12.7. The lowest BCUT2D eigenvalue weighted by Crippen LogP contribution is -2.48. The van der Waals surface area contributed by atoms with Crippen LogP contribution in [-0.2, 0) is 14.8 Å². The Morgan fingerprint density at radius 2 is 1.77 bits per heavy atom. The van der Waals surface area contributed by atoms with Crippen molar-refractivity contribution in [1.82, 2.24) is 4.90 Å². The molecule has 0 atom stereocenters. The summed E-state index contributed by atoms with van der Waals surface area (Å²) in [5, 5.41) is 0.704. The Bertz CT molecular complexity index is 1030. The number of amides is 1. The summed E-state index contributed by atoms with van der Waals surface area (Å²) < 4.78 is 26.2. The molecule has 1 aliphatic rings. The summed E-state index contributed by atoms with van der Waals surface area (Å²) in [6.45, 7) is 6.94. The maximum absolute atomic E-state index is 12.7. The van der Waals surface area contributed by atoms with Gasteiger partial charge < -0.3 is 9.80 Å². The topological polar surface area (TPSA) is 60.9 Å². The number of nitrogens with zero attached hydrogens (tertiary/aromatic N) is 3. The predicted molar refractivity (Wildman–Crippen MR) is 128 cm³/mol. The van der Waals surface area contributed by atoms with Crippen LogP contribution >= 0.6 is 11.6 Å². The highest BCUT2D eigenvalue weighted by atomic mass is 35.5. The average Bonchev–Trinajstić information content (AvgIpc) is 2.72. The van der Waals surface area contributed by atoms with Gasteiger partial charge in [-0.2, -0.15) is 0 Å². The lowest BCUT2D eigenvalue weighted by Gasteiger charge is -2.36. The van der Waals surface area contributed by atoms with Crippen molar-refractivity contribution in [2.24, 2.45) is 0 Å². The Morgan fingerprint density at radius 3 is 2.42 bits per heavy atom. The number of anilines is 2. The van der Waals surface area contributed by atoms with Gasteiger partial charge in [-0.1, -0.05) is 29.8 Å². The molecular weight excluding hydrogens is 434 g/mol. The number of hydrogen-bond donors (Lipinski definition) is 0. The van der Waals surface area contributed by atoms with E-state index in [2.05, 4.69) is 4.90 Å². The van der Waals surface area contributed by atoms with Gasteiger partial charge in [0.1, 0.15) is 0 Å². The summed E-state index contributed by atoms with van der Waals surface area (Å²) in [4.78, 5) is 16.8. The second kappa shape index (κ2) is 9.92. The molecule has 0 spiro atoms. The molecule has 1 saturated heterocycles. The van der Waals surface area contributed by atoms with E-state index in [-0.39, 0.29) is 12.5 Å². The van der Waals surface area contributed by atoms with Crippen LogP contribution in [0, 0.1) is 13.8 Å². The number of rotatable bonds is 7. The number of halogens is 1. The van der Waals surface area contributed by atoms with Crippen molar-refractivity contribution >= 4 is 38.9 Å². The minimum absolute atomic E-state index is 0.0696. The molecule has 31 heavy (non-hydrogen) atoms. The lowest BCUT2D eigenvalue weighted by atomic mass is 10.1. The van der Waals surface area contributed by atoms with Crippen LogP contribution in [0.5, 0.6) is 0 Å². The zero-order chi connectivity index (χ0) is 22.6. The van der Waals surface area contributed by atoms with Crippen molar-refractivity contribution < 1.29 is 13.2 Å². The van der Waals surface area contributed by atoms with Crippen molar-refractivity contribution in [2.45, 2.75) is 26.7 Å². The molecule has 0 aliphatic carbocycles. The highest BCUT2D eigenvalue weighted by molar-refractivity contribution is 7.92. The Morgan fingerprint density at radius 1 is 1.06 bits per heavy atom. The molecule has 0 radical (unpaired) electrons. The van der Waals surface area contributed by atoms with Crippen molar-refractivity contribution in [2.75, 3.05) is 48.2 Å². The zero-order valence-corrected chi connectivity index (χ0v) is 19.9. The number of carbonyl (C=O) groups is 1. The normalized spacial score (nSPS) is 14.6. The van der Waals surface area contributed by atoms with Gasteiger partial charge in [0.05, 0.1) is 11.9 Å². The van der Waals surface area contributed by atoms with E-state index < -0.39 is 10.0 Å². The van der Waals surface area contributed by atoms with Crippen molar-refractivity contribution in [3.05, 3.63) is 58.6 Å². The molecule has 1 heterocycles. The summed E-state index contributed by atoms with van der Waals surface area (Å²) in [6.07, 6.45) is 2.02. The standard InChI is InChI=1S/C23H30ClN3O3S/c1-18-9-10-19(2)22(16-18)27(31(3,29)30)11-5-8-23(28)26-14-12-25(13-15-26)21-7-4-6-20(24)17-21/h4,6-7,9-10,16-17H,5,8,11-15H2,1-3H3. The molecule has 0 N–H and O–H groups in total. The Balaban J connectivity index is 1.55. The van der Waals surface area contributed by atoms with Gasteiger partial charge in [-0.3, -0.25) is 9.10 Å². The first kappa shape index (κ1) is 23.4. The fraction of sp³-hybridized carbons (Fsp3) is 0.435. The molecule has 2 aromatic rings. The molecule has 3 rings (SSSR count). The molecule has 0 saturated carbocycles. The molecule has 0 unspecified atom stereocenters. The van der Waals surface area contributed by atoms with Gasteiger partial charge in [-0.25, -0.2) is 8.42 Å². The first-order valence-electron chi connectivity index (χ1n) is 10.5. The van der Waals surface area contributed by atoms with Gasteiger partial charge in [0, 0.05) is 49.9 Å². The largest absolute Gasteiger partial charge is 0.368 e. The third kappa shape index (κ3) is 6.14. The third-order valence-corrected chi connectivity index (χ3v) is 7.01. The first-order chi connectivity index (χ1) is 14.6. The molecule has 2 aromatic carbocycles. The number of benzene rings is 2. The predicted octanol–water partition coefficient (Wildman–Crippen LogP) is 3.85. The number of piperazine rings is 1. The number of carbonyl (C=O) groups excluding carboxylic acids is 1. The van der Waals surface area contributed by atoms with E-state index in [1.807, 2.05) is 61.2 Å². The van der Waals surface area contributed by atoms with Crippen LogP contribution in [0.1, 0.15) is 24.0 Å². The molecule has 1 aliphatic heterocycles. The molecule has 6 nitrogen and oxygen atoms in total. The molecule has 8 heteroatoms. The van der Waals surface area contributed by atoms with Crippen LogP contribution in [0.3, 0.4) is 0 Å². The summed E-state index contributed by atoms with van der Waals surface area (Å²) in [5.74, 6) is 0.0696. The highest BCUT2D eigenvalue weighted by Gasteiger charge is 2.23. The van der Waals surface area contributed by atoms with Gasteiger partial charge in [-0.15, -0.1) is 0 Å². The van der Waals surface area contributed by atoms with E-state index in [4.69, 9.17) is 11.6 Å². The van der Waals surface area contributed by atoms with Crippen molar-refractivity contribution in [1.29, 1.82) is 0 Å². The number of hydrogen-bond acceptors (Lipinski definition) is 4. The maximum Gasteiger partial charge on any atom is 0.232 e. The van der Waals surface area contributed by atoms with Crippen LogP contribution in [0.15, 0.2) is 42.5 Å². The minimum Gasteiger partial charge on any atom is -0.368 e. The third-order valence-electron chi connectivity index (χ3n) is 5.59. The SMILES string of the molecule is Cc1ccc(C)c(N(CCCC(=O)N2CCN(c3cccc(Cl)c3)CC2)S(C)(=O)=O)c1. The second-order valence-corrected chi connectivity index (χ2v) is 10.4.